The fourth-order valence-corrected chi connectivity index (χ4v) is 2.80. The second kappa shape index (κ2) is 6.25. The molecule has 0 radical (unpaired) electrons. The third kappa shape index (κ3) is 3.00. The Kier molecular flexibility index (Phi) is 4.18. The summed E-state index contributed by atoms with van der Waals surface area (Å²) in [6.45, 7) is 3.52. The molecule has 2 aliphatic rings. The normalized spacial score (nSPS) is 23.5. The van der Waals surface area contributed by atoms with E-state index in [4.69, 9.17) is 9.47 Å². The lowest BCUT2D eigenvalue weighted by atomic mass is 10.2. The van der Waals surface area contributed by atoms with Crippen molar-refractivity contribution >= 4 is 11.8 Å². The Hall–Kier alpha value is -2.24. The van der Waals surface area contributed by atoms with Crippen LogP contribution in [0.4, 0.5) is 0 Å². The average molecular weight is 304 g/mol. The van der Waals surface area contributed by atoms with Crippen molar-refractivity contribution in [1.29, 1.82) is 0 Å². The number of rotatable bonds is 4. The molecule has 22 heavy (non-hydrogen) atoms. The second-order valence-electron chi connectivity index (χ2n) is 5.61. The summed E-state index contributed by atoms with van der Waals surface area (Å²) >= 11 is 0. The number of para-hydroxylation sites is 2. The van der Waals surface area contributed by atoms with Gasteiger partial charge in [-0.3, -0.25) is 9.59 Å². The van der Waals surface area contributed by atoms with Crippen LogP contribution in [-0.2, 0) is 9.59 Å². The van der Waals surface area contributed by atoms with Gasteiger partial charge in [0.2, 0.25) is 12.0 Å². The highest BCUT2D eigenvalue weighted by atomic mass is 16.6. The number of carbonyl (C=O) groups excluding carboxylic acids is 2. The molecule has 1 saturated heterocycles. The Bertz CT molecular complexity index is 575. The number of amides is 2. The zero-order valence-corrected chi connectivity index (χ0v) is 12.6. The maximum Gasteiger partial charge on any atom is 0.264 e. The Morgan fingerprint density at radius 3 is 2.91 bits per heavy atom. The molecule has 0 spiro atoms. The molecule has 1 fully saturated rings. The van der Waals surface area contributed by atoms with Crippen LogP contribution in [0.3, 0.4) is 0 Å². The molecule has 2 aliphatic heterocycles. The van der Waals surface area contributed by atoms with Gasteiger partial charge >= 0.3 is 0 Å². The molecule has 0 saturated carbocycles. The molecule has 6 heteroatoms. The van der Waals surface area contributed by atoms with Crippen LogP contribution < -0.4 is 14.8 Å². The summed E-state index contributed by atoms with van der Waals surface area (Å²) < 4.78 is 11.2. The second-order valence-corrected chi connectivity index (χ2v) is 5.61. The van der Waals surface area contributed by atoms with E-state index in [0.717, 1.165) is 13.0 Å². The first-order valence-electron chi connectivity index (χ1n) is 7.64. The minimum Gasteiger partial charge on any atom is -0.485 e. The van der Waals surface area contributed by atoms with Gasteiger partial charge in [0.05, 0.1) is 6.04 Å². The molecule has 2 atom stereocenters. The van der Waals surface area contributed by atoms with Crippen LogP contribution in [0.5, 0.6) is 11.5 Å². The molecule has 3 rings (SSSR count). The van der Waals surface area contributed by atoms with Gasteiger partial charge in [-0.1, -0.05) is 19.1 Å². The van der Waals surface area contributed by atoms with Gasteiger partial charge in [-0.2, -0.15) is 0 Å². The number of carbonyl (C=O) groups is 2. The summed E-state index contributed by atoms with van der Waals surface area (Å²) in [5.41, 5.74) is 0. The first-order valence-corrected chi connectivity index (χ1v) is 7.64. The summed E-state index contributed by atoms with van der Waals surface area (Å²) in [7, 11) is 0. The minimum atomic E-state index is -0.676. The quantitative estimate of drug-likeness (QED) is 0.899. The van der Waals surface area contributed by atoms with Crippen LogP contribution in [-0.4, -0.2) is 48.6 Å². The molecule has 2 amide bonds. The minimum absolute atomic E-state index is 0.0957. The number of ether oxygens (including phenoxy) is 2. The highest BCUT2D eigenvalue weighted by Gasteiger charge is 2.33. The number of hydrogen-bond acceptors (Lipinski definition) is 4. The van der Waals surface area contributed by atoms with Crippen molar-refractivity contribution in [3.63, 3.8) is 0 Å². The van der Waals surface area contributed by atoms with Gasteiger partial charge in [-0.05, 0) is 18.6 Å². The monoisotopic (exact) mass is 304 g/mol. The van der Waals surface area contributed by atoms with Crippen LogP contribution in [0.25, 0.3) is 0 Å². The molecule has 1 aromatic rings. The summed E-state index contributed by atoms with van der Waals surface area (Å²) in [6, 6.07) is 7.13. The van der Waals surface area contributed by atoms with Gasteiger partial charge in [0.25, 0.3) is 5.91 Å². The first kappa shape index (κ1) is 14.7. The van der Waals surface area contributed by atoms with Crippen molar-refractivity contribution in [2.24, 2.45) is 0 Å². The van der Waals surface area contributed by atoms with E-state index in [1.165, 1.54) is 0 Å². The molecule has 118 valence electrons. The van der Waals surface area contributed by atoms with E-state index >= 15 is 0 Å². The summed E-state index contributed by atoms with van der Waals surface area (Å²) in [5, 5.41) is 2.89. The lowest BCUT2D eigenvalue weighted by molar-refractivity contribution is -0.131. The van der Waals surface area contributed by atoms with Crippen molar-refractivity contribution in [3.05, 3.63) is 24.3 Å². The van der Waals surface area contributed by atoms with Gasteiger partial charge in [-0.25, -0.2) is 0 Å². The Labute approximate surface area is 129 Å². The summed E-state index contributed by atoms with van der Waals surface area (Å²) in [4.78, 5) is 25.9. The fraction of sp³-hybridized carbons (Fsp3) is 0.500. The van der Waals surface area contributed by atoms with Crippen LogP contribution in [0, 0.1) is 0 Å². The lowest BCUT2D eigenvalue weighted by Crippen LogP contribution is -2.48. The van der Waals surface area contributed by atoms with Crippen LogP contribution in [0.15, 0.2) is 24.3 Å². The topological polar surface area (TPSA) is 67.9 Å². The zero-order chi connectivity index (χ0) is 15.5. The van der Waals surface area contributed by atoms with Crippen molar-refractivity contribution in [3.8, 4) is 11.5 Å². The third-order valence-corrected chi connectivity index (χ3v) is 3.86. The number of benzene rings is 1. The van der Waals surface area contributed by atoms with Crippen LogP contribution in [0.2, 0.25) is 0 Å². The number of nitrogens with one attached hydrogen (secondary N) is 1. The molecule has 0 aromatic heterocycles. The molecule has 0 bridgehead atoms. The van der Waals surface area contributed by atoms with E-state index in [-0.39, 0.29) is 24.5 Å². The maximum absolute atomic E-state index is 12.3. The van der Waals surface area contributed by atoms with E-state index in [1.54, 1.807) is 11.0 Å². The van der Waals surface area contributed by atoms with Gasteiger partial charge in [0, 0.05) is 19.5 Å². The number of fused-ring (bicyclic) bond motifs is 1. The Morgan fingerprint density at radius 2 is 2.14 bits per heavy atom. The van der Waals surface area contributed by atoms with E-state index in [1.807, 2.05) is 25.1 Å². The van der Waals surface area contributed by atoms with Crippen molar-refractivity contribution in [2.75, 3.05) is 19.7 Å². The average Bonchev–Trinajstić information content (AvgIpc) is 2.87. The first-order chi connectivity index (χ1) is 10.7. The van der Waals surface area contributed by atoms with Crippen molar-refractivity contribution in [1.82, 2.24) is 10.2 Å². The molecule has 1 N–H and O–H groups in total. The maximum atomic E-state index is 12.3. The fourth-order valence-electron chi connectivity index (χ4n) is 2.80. The van der Waals surface area contributed by atoms with Gasteiger partial charge in [-0.15, -0.1) is 0 Å². The van der Waals surface area contributed by atoms with Crippen LogP contribution >= 0.6 is 0 Å². The molecular formula is C16H20N2O4. The standard InChI is InChI=1S/C16H20N2O4/c1-2-7-18-9-11(8-15(18)19)17-16(20)14-10-21-12-5-3-4-6-13(12)22-14/h3-6,11,14H,2,7-10H2,1H3,(H,17,20). The van der Waals surface area contributed by atoms with Gasteiger partial charge in [0.1, 0.15) is 6.61 Å². The molecule has 0 aliphatic carbocycles. The third-order valence-electron chi connectivity index (χ3n) is 3.86. The van der Waals surface area contributed by atoms with Crippen LogP contribution in [0.1, 0.15) is 19.8 Å². The van der Waals surface area contributed by atoms with E-state index < -0.39 is 6.10 Å². The predicted octanol–water partition coefficient (Wildman–Crippen LogP) is 0.953. The summed E-state index contributed by atoms with van der Waals surface area (Å²) in [6.07, 6.45) is 0.601. The van der Waals surface area contributed by atoms with Gasteiger partial charge in [0.15, 0.2) is 11.5 Å². The highest BCUT2D eigenvalue weighted by molar-refractivity contribution is 5.84. The number of hydrogen-bond donors (Lipinski definition) is 1. The Balaban J connectivity index is 1.56. The molecule has 2 heterocycles. The predicted molar refractivity (Wildman–Crippen MR) is 79.8 cm³/mol. The largest absolute Gasteiger partial charge is 0.485 e. The molecule has 6 nitrogen and oxygen atoms in total. The number of likely N-dealkylation sites (tertiary alicyclic amines) is 1. The summed E-state index contributed by atoms with van der Waals surface area (Å²) in [5.74, 6) is 1.09. The van der Waals surface area contributed by atoms with Crippen molar-refractivity contribution in [2.45, 2.75) is 31.9 Å². The smallest absolute Gasteiger partial charge is 0.264 e. The Morgan fingerprint density at radius 1 is 1.36 bits per heavy atom. The van der Waals surface area contributed by atoms with E-state index in [0.29, 0.717) is 24.5 Å². The SMILES string of the molecule is CCCN1CC(NC(=O)C2COc3ccccc3O2)CC1=O. The molecule has 2 unspecified atom stereocenters. The van der Waals surface area contributed by atoms with Gasteiger partial charge < -0.3 is 19.7 Å². The number of nitrogens with zero attached hydrogens (tertiary/aromatic N) is 1. The lowest BCUT2D eigenvalue weighted by Gasteiger charge is -2.26. The van der Waals surface area contributed by atoms with Crippen molar-refractivity contribution < 1.29 is 19.1 Å². The van der Waals surface area contributed by atoms with E-state index in [2.05, 4.69) is 5.32 Å². The van der Waals surface area contributed by atoms with E-state index in [9.17, 15) is 9.59 Å². The molecule has 1 aromatic carbocycles. The molecular weight excluding hydrogens is 284 g/mol. The highest BCUT2D eigenvalue weighted by Crippen LogP contribution is 2.30. The zero-order valence-electron chi connectivity index (χ0n) is 12.6.